The van der Waals surface area contributed by atoms with Crippen molar-refractivity contribution in [2.45, 2.75) is 40.2 Å². The van der Waals surface area contributed by atoms with Gasteiger partial charge in [0.1, 0.15) is 0 Å². The van der Waals surface area contributed by atoms with Crippen LogP contribution in [0.15, 0.2) is 0 Å². The highest BCUT2D eigenvalue weighted by Crippen LogP contribution is 2.12. The highest BCUT2D eigenvalue weighted by molar-refractivity contribution is 4.70. The first kappa shape index (κ1) is 8.96. The van der Waals surface area contributed by atoms with Crippen LogP contribution in [-0.2, 0) is 0 Å². The molecule has 0 spiro atoms. The third-order valence-corrected chi connectivity index (χ3v) is 2.07. The third-order valence-electron chi connectivity index (χ3n) is 2.07. The second kappa shape index (κ2) is 3.89. The molecule has 1 nitrogen and oxygen atoms in total. The summed E-state index contributed by atoms with van der Waals surface area (Å²) in [5.41, 5.74) is 5.87. The molecule has 0 fully saturated rings. The molecule has 0 aromatic rings. The highest BCUT2D eigenvalue weighted by Gasteiger charge is 2.13. The van der Waals surface area contributed by atoms with E-state index in [-0.39, 0.29) is 0 Å². The van der Waals surface area contributed by atoms with E-state index in [1.54, 1.807) is 0 Å². The van der Waals surface area contributed by atoms with Gasteiger partial charge in [0, 0.05) is 6.04 Å². The molecular weight excluding hydrogens is 110 g/mol. The van der Waals surface area contributed by atoms with Gasteiger partial charge in [-0.2, -0.15) is 0 Å². The van der Waals surface area contributed by atoms with E-state index in [1.807, 2.05) is 0 Å². The van der Waals surface area contributed by atoms with Gasteiger partial charge >= 0.3 is 0 Å². The zero-order valence-corrected chi connectivity index (χ0v) is 7.02. The molecule has 0 bridgehead atoms. The van der Waals surface area contributed by atoms with Gasteiger partial charge < -0.3 is 5.73 Å². The summed E-state index contributed by atoms with van der Waals surface area (Å²) in [6.45, 7) is 8.76. The largest absolute Gasteiger partial charge is 0.327 e. The van der Waals surface area contributed by atoms with Crippen molar-refractivity contribution in [3.63, 3.8) is 0 Å². The fourth-order valence-corrected chi connectivity index (χ4v) is 0.929. The lowest BCUT2D eigenvalue weighted by atomic mass is 9.91. The zero-order chi connectivity index (χ0) is 7.44. The average molecular weight is 129 g/mol. The van der Waals surface area contributed by atoms with Crippen molar-refractivity contribution in [1.82, 2.24) is 0 Å². The molecule has 1 heteroatoms. The molecule has 2 N–H and O–H groups in total. The Bertz CT molecular complexity index is 69.0. The second-order valence-electron chi connectivity index (χ2n) is 3.21. The van der Waals surface area contributed by atoms with Gasteiger partial charge in [-0.05, 0) is 11.8 Å². The van der Waals surface area contributed by atoms with Gasteiger partial charge in [-0.15, -0.1) is 0 Å². The van der Waals surface area contributed by atoms with Crippen LogP contribution in [0.25, 0.3) is 0 Å². The van der Waals surface area contributed by atoms with Crippen molar-refractivity contribution >= 4 is 0 Å². The normalized spacial score (nSPS) is 18.0. The van der Waals surface area contributed by atoms with E-state index in [0.717, 1.165) is 0 Å². The van der Waals surface area contributed by atoms with Crippen LogP contribution < -0.4 is 5.73 Å². The first-order valence-electron chi connectivity index (χ1n) is 3.85. The Morgan fingerprint density at radius 3 is 1.78 bits per heavy atom. The molecule has 0 radical (unpaired) electrons. The maximum absolute atomic E-state index is 5.87. The van der Waals surface area contributed by atoms with Gasteiger partial charge in [-0.1, -0.05) is 34.1 Å². The summed E-state index contributed by atoms with van der Waals surface area (Å²) in [6, 6.07) is 0.384. The summed E-state index contributed by atoms with van der Waals surface area (Å²) in [7, 11) is 0. The van der Waals surface area contributed by atoms with Crippen LogP contribution in [0.5, 0.6) is 0 Å². The maximum Gasteiger partial charge on any atom is 0.00876 e. The first-order valence-corrected chi connectivity index (χ1v) is 3.85. The van der Waals surface area contributed by atoms with Crippen LogP contribution in [0, 0.1) is 11.8 Å². The predicted octanol–water partition coefficient (Wildman–Crippen LogP) is 2.02. The molecule has 0 unspecified atom stereocenters. The molecule has 0 saturated carbocycles. The minimum absolute atomic E-state index is 0.384. The standard InChI is InChI=1S/C8H19N/c1-5-7(4)8(9)6(2)3/h6-8H,5,9H2,1-4H3/t7-,8+/m1/s1. The Morgan fingerprint density at radius 1 is 1.22 bits per heavy atom. The Labute approximate surface area is 58.6 Å². The maximum atomic E-state index is 5.87. The first-order chi connectivity index (χ1) is 4.09. The minimum Gasteiger partial charge on any atom is -0.327 e. The van der Waals surface area contributed by atoms with Crippen molar-refractivity contribution in [2.24, 2.45) is 17.6 Å². The second-order valence-corrected chi connectivity index (χ2v) is 3.21. The van der Waals surface area contributed by atoms with Crippen molar-refractivity contribution < 1.29 is 0 Å². The third kappa shape index (κ3) is 2.85. The number of hydrogen-bond acceptors (Lipinski definition) is 1. The molecule has 0 heterocycles. The SMILES string of the molecule is CC[C@@H](C)[C@@H](N)C(C)C. The molecule has 0 rings (SSSR count). The fourth-order valence-electron chi connectivity index (χ4n) is 0.929. The summed E-state index contributed by atoms with van der Waals surface area (Å²) in [4.78, 5) is 0. The topological polar surface area (TPSA) is 26.0 Å². The Morgan fingerprint density at radius 2 is 1.67 bits per heavy atom. The van der Waals surface area contributed by atoms with Crippen molar-refractivity contribution in [1.29, 1.82) is 0 Å². The van der Waals surface area contributed by atoms with Crippen molar-refractivity contribution in [3.05, 3.63) is 0 Å². The summed E-state index contributed by atoms with van der Waals surface area (Å²) >= 11 is 0. The van der Waals surface area contributed by atoms with Crippen molar-refractivity contribution in [2.75, 3.05) is 0 Å². The molecule has 0 aromatic heterocycles. The van der Waals surface area contributed by atoms with E-state index in [0.29, 0.717) is 17.9 Å². The molecular formula is C8H19N. The highest BCUT2D eigenvalue weighted by atomic mass is 14.7. The van der Waals surface area contributed by atoms with E-state index in [1.165, 1.54) is 6.42 Å². The van der Waals surface area contributed by atoms with Crippen molar-refractivity contribution in [3.8, 4) is 0 Å². The van der Waals surface area contributed by atoms with Crippen LogP contribution in [-0.4, -0.2) is 6.04 Å². The molecule has 0 aromatic carbocycles. The number of hydrogen-bond donors (Lipinski definition) is 1. The fraction of sp³-hybridized carbons (Fsp3) is 1.00. The molecule has 0 aliphatic carbocycles. The number of rotatable bonds is 3. The number of nitrogens with two attached hydrogens (primary N) is 1. The molecule has 56 valence electrons. The van der Waals surface area contributed by atoms with Gasteiger partial charge in [0.05, 0.1) is 0 Å². The summed E-state index contributed by atoms with van der Waals surface area (Å²) in [5, 5.41) is 0. The minimum atomic E-state index is 0.384. The van der Waals surface area contributed by atoms with Crippen LogP contribution in [0.2, 0.25) is 0 Å². The van der Waals surface area contributed by atoms with Crippen LogP contribution >= 0.6 is 0 Å². The van der Waals surface area contributed by atoms with Crippen LogP contribution in [0.1, 0.15) is 34.1 Å². The summed E-state index contributed by atoms with van der Waals surface area (Å²) in [6.07, 6.45) is 1.19. The predicted molar refractivity (Wildman–Crippen MR) is 42.3 cm³/mol. The van der Waals surface area contributed by atoms with Gasteiger partial charge in [0.15, 0.2) is 0 Å². The van der Waals surface area contributed by atoms with E-state index >= 15 is 0 Å². The van der Waals surface area contributed by atoms with E-state index in [9.17, 15) is 0 Å². The van der Waals surface area contributed by atoms with Gasteiger partial charge in [-0.25, -0.2) is 0 Å². The lowest BCUT2D eigenvalue weighted by molar-refractivity contribution is 0.356. The average Bonchev–Trinajstić information content (AvgIpc) is 1.84. The Kier molecular flexibility index (Phi) is 3.87. The van der Waals surface area contributed by atoms with Crippen LogP contribution in [0.3, 0.4) is 0 Å². The smallest absolute Gasteiger partial charge is 0.00876 e. The Balaban J connectivity index is 3.58. The van der Waals surface area contributed by atoms with Gasteiger partial charge in [0.2, 0.25) is 0 Å². The van der Waals surface area contributed by atoms with Gasteiger partial charge in [-0.3, -0.25) is 0 Å². The van der Waals surface area contributed by atoms with E-state index in [2.05, 4.69) is 27.7 Å². The molecule has 2 atom stereocenters. The summed E-state index contributed by atoms with van der Waals surface area (Å²) in [5.74, 6) is 1.30. The lowest BCUT2D eigenvalue weighted by Gasteiger charge is -2.21. The molecule has 9 heavy (non-hydrogen) atoms. The van der Waals surface area contributed by atoms with Crippen LogP contribution in [0.4, 0.5) is 0 Å². The molecule has 0 aliphatic heterocycles. The molecule has 0 amide bonds. The Hall–Kier alpha value is -0.0400. The monoisotopic (exact) mass is 129 g/mol. The molecule has 0 saturated heterocycles. The zero-order valence-electron chi connectivity index (χ0n) is 7.02. The lowest BCUT2D eigenvalue weighted by Crippen LogP contribution is -2.32. The van der Waals surface area contributed by atoms with E-state index < -0.39 is 0 Å². The van der Waals surface area contributed by atoms with Gasteiger partial charge in [0.25, 0.3) is 0 Å². The summed E-state index contributed by atoms with van der Waals surface area (Å²) < 4.78 is 0. The molecule has 0 aliphatic rings. The quantitative estimate of drug-likeness (QED) is 0.620. The van der Waals surface area contributed by atoms with E-state index in [4.69, 9.17) is 5.73 Å².